The van der Waals surface area contributed by atoms with Crippen molar-refractivity contribution in [2.24, 2.45) is 0 Å². The summed E-state index contributed by atoms with van der Waals surface area (Å²) in [7, 11) is 0. The minimum Gasteiger partial charge on any atom is -0.351 e. The number of benzene rings is 2. The van der Waals surface area contributed by atoms with E-state index in [2.05, 4.69) is 15.3 Å². The van der Waals surface area contributed by atoms with Crippen molar-refractivity contribution in [2.75, 3.05) is 5.32 Å². The molecule has 5 heteroatoms. The topological polar surface area (TPSA) is 57.8 Å². The highest BCUT2D eigenvalue weighted by molar-refractivity contribution is 6.09. The molecule has 2 aromatic carbocycles. The fraction of sp³-hybridized carbons (Fsp3) is 0. The smallest absolute Gasteiger partial charge is 0.272 e. The molecule has 2 aromatic heterocycles. The fourth-order valence-corrected chi connectivity index (χ4v) is 2.63. The molecule has 0 saturated carbocycles. The van der Waals surface area contributed by atoms with Crippen molar-refractivity contribution in [3.8, 4) is 0 Å². The third-order valence-electron chi connectivity index (χ3n) is 3.72. The average Bonchev–Trinajstić information content (AvgIpc) is 2.98. The van der Waals surface area contributed by atoms with E-state index in [0.717, 1.165) is 16.4 Å². The van der Waals surface area contributed by atoms with E-state index in [1.165, 1.54) is 12.1 Å². The van der Waals surface area contributed by atoms with Crippen molar-refractivity contribution >= 4 is 33.4 Å². The zero-order chi connectivity index (χ0) is 15.8. The van der Waals surface area contributed by atoms with Gasteiger partial charge in [-0.3, -0.25) is 9.78 Å². The van der Waals surface area contributed by atoms with Crippen molar-refractivity contribution in [3.05, 3.63) is 72.3 Å². The number of nitrogens with zero attached hydrogens (tertiary/aromatic N) is 1. The molecular weight excluding hydrogens is 293 g/mol. The van der Waals surface area contributed by atoms with Crippen molar-refractivity contribution in [3.63, 3.8) is 0 Å². The lowest BCUT2D eigenvalue weighted by Gasteiger charge is -2.07. The van der Waals surface area contributed by atoms with Gasteiger partial charge in [-0.1, -0.05) is 6.07 Å². The number of carbonyl (C=O) groups is 1. The molecule has 0 radical (unpaired) electrons. The van der Waals surface area contributed by atoms with E-state index in [4.69, 9.17) is 0 Å². The third kappa shape index (κ3) is 2.42. The van der Waals surface area contributed by atoms with Gasteiger partial charge in [0.25, 0.3) is 5.91 Å². The largest absolute Gasteiger partial charge is 0.351 e. The molecule has 4 nitrogen and oxygen atoms in total. The molecule has 112 valence electrons. The summed E-state index contributed by atoms with van der Waals surface area (Å²) in [5.74, 6) is -0.610. The lowest BCUT2D eigenvalue weighted by molar-refractivity contribution is 0.102. The number of rotatable bonds is 2. The van der Waals surface area contributed by atoms with E-state index >= 15 is 0 Å². The number of aromatic nitrogens is 2. The second kappa shape index (κ2) is 5.21. The Morgan fingerprint density at radius 3 is 2.91 bits per heavy atom. The minimum absolute atomic E-state index is 0.280. The van der Waals surface area contributed by atoms with Crippen molar-refractivity contribution in [1.82, 2.24) is 9.97 Å². The zero-order valence-electron chi connectivity index (χ0n) is 12.0. The van der Waals surface area contributed by atoms with Gasteiger partial charge >= 0.3 is 0 Å². The van der Waals surface area contributed by atoms with Gasteiger partial charge in [-0.2, -0.15) is 0 Å². The summed E-state index contributed by atoms with van der Waals surface area (Å²) < 4.78 is 13.2. The number of nitrogens with one attached hydrogen (secondary N) is 2. The molecule has 0 saturated heterocycles. The van der Waals surface area contributed by atoms with Crippen LogP contribution in [-0.2, 0) is 0 Å². The van der Waals surface area contributed by atoms with Gasteiger partial charge < -0.3 is 10.3 Å². The number of aromatic amines is 1. The normalized spacial score (nSPS) is 11.0. The molecule has 0 fully saturated rings. The van der Waals surface area contributed by atoms with E-state index in [0.29, 0.717) is 16.8 Å². The van der Waals surface area contributed by atoms with Crippen molar-refractivity contribution in [2.45, 2.75) is 0 Å². The van der Waals surface area contributed by atoms with Crippen LogP contribution >= 0.6 is 0 Å². The summed E-state index contributed by atoms with van der Waals surface area (Å²) in [4.78, 5) is 19.7. The van der Waals surface area contributed by atoms with Crippen LogP contribution in [0.5, 0.6) is 0 Å². The number of anilines is 1. The van der Waals surface area contributed by atoms with Gasteiger partial charge in [-0.05, 0) is 48.5 Å². The Hall–Kier alpha value is -3.21. The van der Waals surface area contributed by atoms with E-state index in [-0.39, 0.29) is 11.7 Å². The summed E-state index contributed by atoms with van der Waals surface area (Å²) in [5, 5.41) is 4.40. The number of carbonyl (C=O) groups excluding carboxylic acids is 1. The van der Waals surface area contributed by atoms with Crippen LogP contribution in [0.4, 0.5) is 10.1 Å². The molecular formula is C18H12FN3O. The second-order valence-electron chi connectivity index (χ2n) is 5.24. The van der Waals surface area contributed by atoms with E-state index in [1.807, 2.05) is 30.3 Å². The van der Waals surface area contributed by atoms with Gasteiger partial charge in [0, 0.05) is 22.5 Å². The number of hydrogen-bond acceptors (Lipinski definition) is 2. The average molecular weight is 305 g/mol. The Labute approximate surface area is 131 Å². The number of pyridine rings is 1. The van der Waals surface area contributed by atoms with Gasteiger partial charge in [0.05, 0.1) is 11.2 Å². The molecule has 0 aliphatic rings. The maximum Gasteiger partial charge on any atom is 0.272 e. The van der Waals surface area contributed by atoms with Crippen LogP contribution in [0.15, 0.2) is 60.8 Å². The molecule has 0 aliphatic heterocycles. The second-order valence-corrected chi connectivity index (χ2v) is 5.24. The van der Waals surface area contributed by atoms with Crippen LogP contribution in [0, 0.1) is 5.82 Å². The maximum absolute atomic E-state index is 13.2. The van der Waals surface area contributed by atoms with Crippen LogP contribution in [0.3, 0.4) is 0 Å². The quantitative estimate of drug-likeness (QED) is 0.585. The molecule has 2 N–H and O–H groups in total. The van der Waals surface area contributed by atoms with Crippen molar-refractivity contribution in [1.29, 1.82) is 0 Å². The summed E-state index contributed by atoms with van der Waals surface area (Å²) in [6.07, 6.45) is 1.71. The minimum atomic E-state index is -0.330. The first-order valence-electron chi connectivity index (χ1n) is 7.14. The molecule has 2 heterocycles. The predicted molar refractivity (Wildman–Crippen MR) is 88.0 cm³/mol. The molecule has 0 unspecified atom stereocenters. The standard InChI is InChI=1S/C18H12FN3O/c19-12-6-7-14-11(9-12)10-17(21-14)18(23)22-16-5-1-4-15-13(16)3-2-8-20-15/h1-10,21H,(H,22,23). The lowest BCUT2D eigenvalue weighted by Crippen LogP contribution is -2.12. The van der Waals surface area contributed by atoms with E-state index < -0.39 is 0 Å². The first kappa shape index (κ1) is 13.5. The molecule has 0 atom stereocenters. The first-order chi connectivity index (χ1) is 11.2. The summed E-state index contributed by atoms with van der Waals surface area (Å²) in [6, 6.07) is 15.3. The Morgan fingerprint density at radius 2 is 2.00 bits per heavy atom. The van der Waals surface area contributed by atoms with Gasteiger partial charge in [0.2, 0.25) is 0 Å². The van der Waals surface area contributed by atoms with Crippen LogP contribution < -0.4 is 5.32 Å². The number of fused-ring (bicyclic) bond motifs is 2. The molecule has 0 spiro atoms. The van der Waals surface area contributed by atoms with Crippen LogP contribution in [0.1, 0.15) is 10.5 Å². The summed E-state index contributed by atoms with van der Waals surface area (Å²) in [6.45, 7) is 0. The monoisotopic (exact) mass is 305 g/mol. The highest BCUT2D eigenvalue weighted by Crippen LogP contribution is 2.23. The Kier molecular flexibility index (Phi) is 3.05. The third-order valence-corrected chi connectivity index (χ3v) is 3.72. The molecule has 0 aliphatic carbocycles. The Bertz CT molecular complexity index is 1030. The van der Waals surface area contributed by atoms with Crippen LogP contribution in [0.2, 0.25) is 0 Å². The summed E-state index contributed by atoms with van der Waals surface area (Å²) >= 11 is 0. The van der Waals surface area contributed by atoms with E-state index in [1.54, 1.807) is 18.3 Å². The van der Waals surface area contributed by atoms with Crippen LogP contribution in [-0.4, -0.2) is 15.9 Å². The number of amides is 1. The molecule has 1 amide bonds. The van der Waals surface area contributed by atoms with E-state index in [9.17, 15) is 9.18 Å². The first-order valence-corrected chi connectivity index (χ1v) is 7.14. The van der Waals surface area contributed by atoms with Gasteiger partial charge in [-0.15, -0.1) is 0 Å². The number of halogens is 1. The molecule has 4 rings (SSSR count). The SMILES string of the molecule is O=C(Nc1cccc2ncccc12)c1cc2cc(F)ccc2[nH]1. The maximum atomic E-state index is 13.2. The lowest BCUT2D eigenvalue weighted by atomic mass is 10.2. The number of H-pyrrole nitrogens is 1. The fourth-order valence-electron chi connectivity index (χ4n) is 2.63. The van der Waals surface area contributed by atoms with Gasteiger partial charge in [0.1, 0.15) is 11.5 Å². The molecule has 0 bridgehead atoms. The molecule has 23 heavy (non-hydrogen) atoms. The number of hydrogen-bond donors (Lipinski definition) is 2. The highest BCUT2D eigenvalue weighted by Gasteiger charge is 2.11. The van der Waals surface area contributed by atoms with Crippen LogP contribution in [0.25, 0.3) is 21.8 Å². The van der Waals surface area contributed by atoms with Gasteiger partial charge in [0.15, 0.2) is 0 Å². The predicted octanol–water partition coefficient (Wildman–Crippen LogP) is 4.11. The zero-order valence-corrected chi connectivity index (χ0v) is 12.0. The molecule has 4 aromatic rings. The van der Waals surface area contributed by atoms with Gasteiger partial charge in [-0.25, -0.2) is 4.39 Å². The summed E-state index contributed by atoms with van der Waals surface area (Å²) in [5.41, 5.74) is 2.59. The van der Waals surface area contributed by atoms with Crippen molar-refractivity contribution < 1.29 is 9.18 Å². The highest BCUT2D eigenvalue weighted by atomic mass is 19.1. The Morgan fingerprint density at radius 1 is 1.09 bits per heavy atom. The Balaban J connectivity index is 1.70.